The van der Waals surface area contributed by atoms with Gasteiger partial charge in [-0.1, -0.05) is 43.2 Å². The molecular weight excluding hydrogens is 384 g/mol. The number of anilines is 1. The lowest BCUT2D eigenvalue weighted by Crippen LogP contribution is -2.38. The highest BCUT2D eigenvalue weighted by molar-refractivity contribution is 8.16. The molecule has 1 aliphatic carbocycles. The van der Waals surface area contributed by atoms with Crippen LogP contribution in [-0.2, 0) is 14.6 Å². The third kappa shape index (κ3) is 3.74. The molecule has 8 heteroatoms. The second kappa shape index (κ2) is 7.47. The normalized spacial score (nSPS) is 29.1. The van der Waals surface area contributed by atoms with E-state index in [-0.39, 0.29) is 34.6 Å². The molecule has 0 radical (unpaired) electrons. The van der Waals surface area contributed by atoms with Crippen LogP contribution in [0.4, 0.5) is 5.69 Å². The number of carbonyl (C=O) groups is 1. The Kier molecular flexibility index (Phi) is 5.20. The maximum Gasteiger partial charge on any atom is 0.251 e. The summed E-state index contributed by atoms with van der Waals surface area (Å²) in [6, 6.07) is 7.29. The highest BCUT2D eigenvalue weighted by atomic mass is 32.2. The van der Waals surface area contributed by atoms with Crippen LogP contribution < -0.4 is 9.64 Å². The number of amidine groups is 1. The number of benzene rings is 1. The van der Waals surface area contributed by atoms with E-state index in [0.717, 1.165) is 31.4 Å². The van der Waals surface area contributed by atoms with E-state index < -0.39 is 9.84 Å². The minimum Gasteiger partial charge on any atom is -0.495 e. The zero-order valence-electron chi connectivity index (χ0n) is 15.3. The molecule has 1 saturated carbocycles. The van der Waals surface area contributed by atoms with Gasteiger partial charge in [0.25, 0.3) is 5.91 Å². The van der Waals surface area contributed by atoms with Gasteiger partial charge in [0.1, 0.15) is 5.75 Å². The highest BCUT2D eigenvalue weighted by Gasteiger charge is 2.50. The number of methoxy groups -OCH3 is 1. The van der Waals surface area contributed by atoms with Crippen molar-refractivity contribution >= 4 is 38.4 Å². The van der Waals surface area contributed by atoms with E-state index in [4.69, 9.17) is 4.74 Å². The second-order valence-electron chi connectivity index (χ2n) is 7.41. The average Bonchev–Trinajstić information content (AvgIpc) is 3.13. The van der Waals surface area contributed by atoms with Gasteiger partial charge in [-0.15, -0.1) is 0 Å². The number of sulfone groups is 1. The number of aliphatic imine (C=N–C) groups is 1. The molecule has 1 aromatic rings. The van der Waals surface area contributed by atoms with Gasteiger partial charge in [0.2, 0.25) is 0 Å². The molecule has 0 aromatic heterocycles. The molecule has 4 rings (SSSR count). The maximum atomic E-state index is 12.8. The second-order valence-corrected chi connectivity index (χ2v) is 10.8. The SMILES string of the molecule is COc1ccccc1N1C(=NC(=O)C2CCCCC2)S[C@@H]2CS(=O)(=O)C[C@H]21. The Balaban J connectivity index is 1.70. The summed E-state index contributed by atoms with van der Waals surface area (Å²) < 4.78 is 29.8. The van der Waals surface area contributed by atoms with Crippen molar-refractivity contribution in [1.82, 2.24) is 0 Å². The van der Waals surface area contributed by atoms with Gasteiger partial charge in [-0.3, -0.25) is 4.79 Å². The Bertz CT molecular complexity index is 862. The number of hydrogen-bond acceptors (Lipinski definition) is 5. The lowest BCUT2D eigenvalue weighted by Gasteiger charge is -2.26. The molecule has 0 spiro atoms. The standard InChI is InChI=1S/C19H24N2O4S2/c1-25-16-10-6-5-9-14(16)21-15-11-27(23,24)12-17(15)26-19(21)20-18(22)13-7-3-2-4-8-13/h5-6,9-10,13,15,17H,2-4,7-8,11-12H2,1H3/t15-,17-/m1/s1. The molecule has 2 saturated heterocycles. The van der Waals surface area contributed by atoms with Gasteiger partial charge < -0.3 is 9.64 Å². The van der Waals surface area contributed by atoms with Crippen LogP contribution in [0.2, 0.25) is 0 Å². The van der Waals surface area contributed by atoms with Crippen molar-refractivity contribution in [2.24, 2.45) is 10.9 Å². The molecule has 2 aliphatic heterocycles. The molecular formula is C19H24N2O4S2. The predicted molar refractivity (Wildman–Crippen MR) is 108 cm³/mol. The molecule has 3 aliphatic rings. The largest absolute Gasteiger partial charge is 0.495 e. The van der Waals surface area contributed by atoms with Crippen LogP contribution in [0.5, 0.6) is 5.75 Å². The van der Waals surface area contributed by atoms with Crippen LogP contribution in [0.15, 0.2) is 29.3 Å². The fourth-order valence-electron chi connectivity index (χ4n) is 4.21. The molecule has 1 aromatic carbocycles. The van der Waals surface area contributed by atoms with Crippen LogP contribution in [0.25, 0.3) is 0 Å². The molecule has 1 amide bonds. The predicted octanol–water partition coefficient (Wildman–Crippen LogP) is 2.88. The van der Waals surface area contributed by atoms with Gasteiger partial charge in [0.15, 0.2) is 15.0 Å². The minimum atomic E-state index is -3.08. The van der Waals surface area contributed by atoms with E-state index in [1.165, 1.54) is 18.2 Å². The number of fused-ring (bicyclic) bond motifs is 1. The third-order valence-electron chi connectivity index (χ3n) is 5.57. The summed E-state index contributed by atoms with van der Waals surface area (Å²) >= 11 is 1.42. The van der Waals surface area contributed by atoms with Crippen molar-refractivity contribution in [3.8, 4) is 5.75 Å². The Morgan fingerprint density at radius 2 is 1.93 bits per heavy atom. The lowest BCUT2D eigenvalue weighted by molar-refractivity contribution is -0.122. The van der Waals surface area contributed by atoms with E-state index >= 15 is 0 Å². The van der Waals surface area contributed by atoms with E-state index in [0.29, 0.717) is 10.9 Å². The van der Waals surface area contributed by atoms with Crippen LogP contribution in [0.3, 0.4) is 0 Å². The molecule has 0 bridgehead atoms. The average molecular weight is 409 g/mol. The lowest BCUT2D eigenvalue weighted by atomic mass is 9.89. The Morgan fingerprint density at radius 3 is 2.67 bits per heavy atom. The summed E-state index contributed by atoms with van der Waals surface area (Å²) in [7, 11) is -1.49. The highest BCUT2D eigenvalue weighted by Crippen LogP contribution is 2.44. The van der Waals surface area contributed by atoms with Gasteiger partial charge >= 0.3 is 0 Å². The molecule has 0 N–H and O–H groups in total. The zero-order chi connectivity index (χ0) is 19.0. The number of nitrogens with zero attached hydrogens (tertiary/aromatic N) is 2. The maximum absolute atomic E-state index is 12.8. The van der Waals surface area contributed by atoms with Gasteiger partial charge in [-0.25, -0.2) is 8.42 Å². The molecule has 146 valence electrons. The molecule has 27 heavy (non-hydrogen) atoms. The Labute approximate surface area is 164 Å². The molecule has 3 fully saturated rings. The van der Waals surface area contributed by atoms with Crippen molar-refractivity contribution in [2.45, 2.75) is 43.4 Å². The van der Waals surface area contributed by atoms with E-state index in [1.54, 1.807) is 7.11 Å². The van der Waals surface area contributed by atoms with Crippen molar-refractivity contribution in [3.05, 3.63) is 24.3 Å². The smallest absolute Gasteiger partial charge is 0.251 e. The van der Waals surface area contributed by atoms with Crippen molar-refractivity contribution in [2.75, 3.05) is 23.5 Å². The number of rotatable bonds is 3. The van der Waals surface area contributed by atoms with Gasteiger partial charge in [0.05, 0.1) is 30.3 Å². The molecule has 2 heterocycles. The summed E-state index contributed by atoms with van der Waals surface area (Å²) in [6.45, 7) is 0. The van der Waals surface area contributed by atoms with Gasteiger partial charge in [0, 0.05) is 11.2 Å². The van der Waals surface area contributed by atoms with Crippen LogP contribution in [0, 0.1) is 5.92 Å². The zero-order valence-corrected chi connectivity index (χ0v) is 17.0. The molecule has 2 atom stereocenters. The first kappa shape index (κ1) is 18.8. The minimum absolute atomic E-state index is 0.00413. The number of carbonyl (C=O) groups excluding carboxylic acids is 1. The summed E-state index contributed by atoms with van der Waals surface area (Å²) in [4.78, 5) is 19.2. The fourth-order valence-corrected chi connectivity index (χ4v) is 8.12. The number of hydrogen-bond donors (Lipinski definition) is 0. The van der Waals surface area contributed by atoms with E-state index in [9.17, 15) is 13.2 Å². The Morgan fingerprint density at radius 1 is 1.19 bits per heavy atom. The number of thioether (sulfide) groups is 1. The van der Waals surface area contributed by atoms with Crippen molar-refractivity contribution in [1.29, 1.82) is 0 Å². The van der Waals surface area contributed by atoms with Crippen molar-refractivity contribution in [3.63, 3.8) is 0 Å². The van der Waals surface area contributed by atoms with E-state index in [2.05, 4.69) is 4.99 Å². The van der Waals surface area contributed by atoms with Crippen molar-refractivity contribution < 1.29 is 17.9 Å². The number of amides is 1. The molecule has 6 nitrogen and oxygen atoms in total. The summed E-state index contributed by atoms with van der Waals surface area (Å²) in [5.74, 6) is 0.792. The monoisotopic (exact) mass is 408 g/mol. The molecule has 0 unspecified atom stereocenters. The van der Waals surface area contributed by atoms with Gasteiger partial charge in [-0.2, -0.15) is 4.99 Å². The number of ether oxygens (including phenoxy) is 1. The van der Waals surface area contributed by atoms with Crippen LogP contribution >= 0.6 is 11.8 Å². The van der Waals surface area contributed by atoms with Crippen LogP contribution in [-0.4, -0.2) is 49.4 Å². The summed E-state index contributed by atoms with van der Waals surface area (Å²) in [5.41, 5.74) is 0.771. The number of para-hydroxylation sites is 2. The summed E-state index contributed by atoms with van der Waals surface area (Å²) in [6.07, 6.45) is 5.14. The fraction of sp³-hybridized carbons (Fsp3) is 0.579. The quantitative estimate of drug-likeness (QED) is 0.765. The third-order valence-corrected chi connectivity index (χ3v) is 8.78. The first-order valence-electron chi connectivity index (χ1n) is 9.40. The Hall–Kier alpha value is -1.54. The first-order valence-corrected chi connectivity index (χ1v) is 12.1. The van der Waals surface area contributed by atoms with Crippen LogP contribution in [0.1, 0.15) is 32.1 Å². The van der Waals surface area contributed by atoms with Gasteiger partial charge in [-0.05, 0) is 25.0 Å². The topological polar surface area (TPSA) is 76.0 Å². The van der Waals surface area contributed by atoms with E-state index in [1.807, 2.05) is 29.2 Å². The first-order chi connectivity index (χ1) is 13.0. The summed E-state index contributed by atoms with van der Waals surface area (Å²) in [5, 5.41) is 0.512.